The first kappa shape index (κ1) is 35.0. The van der Waals surface area contributed by atoms with Gasteiger partial charge < -0.3 is 11.1 Å². The minimum atomic E-state index is -3.59. The first-order chi connectivity index (χ1) is 22.6. The van der Waals surface area contributed by atoms with Crippen LogP contribution in [-0.4, -0.2) is 55.1 Å². The highest BCUT2D eigenvalue weighted by Crippen LogP contribution is 2.35. The number of rotatable bonds is 8. The number of nitrogens with two attached hydrogens (primary N) is 1. The van der Waals surface area contributed by atoms with Crippen molar-refractivity contribution in [2.24, 2.45) is 0 Å². The number of hydrogen-bond donors (Lipinski definition) is 2. The van der Waals surface area contributed by atoms with Crippen LogP contribution in [0.5, 0.6) is 0 Å². The third-order valence-corrected chi connectivity index (χ3v) is 9.15. The van der Waals surface area contributed by atoms with Crippen molar-refractivity contribution < 1.29 is 26.0 Å². The number of nitrogens with one attached hydrogen (secondary N) is 1. The predicted octanol–water partition coefficient (Wildman–Crippen LogP) is 4.44. The molecule has 0 fully saturated rings. The molecule has 244 valence electrons. The summed E-state index contributed by atoms with van der Waals surface area (Å²) >= 11 is 0. The topological polar surface area (TPSA) is 223 Å². The van der Waals surface area contributed by atoms with Gasteiger partial charge in [-0.25, -0.2) is 36.2 Å². The van der Waals surface area contributed by atoms with Crippen molar-refractivity contribution in [2.75, 3.05) is 23.6 Å². The van der Waals surface area contributed by atoms with Gasteiger partial charge in [0.2, 0.25) is 0 Å². The van der Waals surface area contributed by atoms with Crippen molar-refractivity contribution in [1.82, 2.24) is 19.9 Å². The second-order valence-electron chi connectivity index (χ2n) is 10.4. The Kier molecular flexibility index (Phi) is 10.4. The van der Waals surface area contributed by atoms with Gasteiger partial charge in [-0.15, -0.1) is 0 Å². The average Bonchev–Trinajstić information content (AvgIpc) is 3.04. The van der Waals surface area contributed by atoms with Gasteiger partial charge in [0.25, 0.3) is 0 Å². The molecule has 13 nitrogen and oxygen atoms in total. The number of halogens is 1. The summed E-state index contributed by atoms with van der Waals surface area (Å²) in [7, 11) is -7.02. The van der Waals surface area contributed by atoms with Crippen molar-refractivity contribution in [3.8, 4) is 23.4 Å². The van der Waals surface area contributed by atoms with Crippen molar-refractivity contribution in [1.29, 1.82) is 10.5 Å². The number of ketones is 1. The van der Waals surface area contributed by atoms with Gasteiger partial charge in [-0.3, -0.25) is 9.78 Å². The van der Waals surface area contributed by atoms with Crippen molar-refractivity contribution in [3.05, 3.63) is 95.7 Å². The molecule has 0 unspecified atom stereocenters. The standard InChI is InChI=1S/C22H18FN7O2S.C10H9NO3S/c1-12(29-22-16(9-24)21(25)27-11-28-22)15-8-17-18(7-13(23)10-26-17)30-20(15)14-5-3-4-6-19(14)33(2,31)32;1-15(13,14)10-5-3-2-4-8(10)9(12)6-7-11/h3-8,10-12H,1-2H3,(H3,25,27,28,29);2-5H,6H2,1H3/t12-;/m1./s1. The van der Waals surface area contributed by atoms with Crippen LogP contribution in [0.4, 0.5) is 16.0 Å². The molecule has 2 aromatic carbocycles. The molecule has 48 heavy (non-hydrogen) atoms. The van der Waals surface area contributed by atoms with Crippen LogP contribution < -0.4 is 11.1 Å². The van der Waals surface area contributed by atoms with E-state index in [2.05, 4.69) is 25.3 Å². The number of pyridine rings is 2. The number of nitrogen functional groups attached to an aromatic ring is 1. The van der Waals surface area contributed by atoms with E-state index in [4.69, 9.17) is 11.0 Å². The Morgan fingerprint density at radius 3 is 2.23 bits per heavy atom. The fraction of sp³-hybridized carbons (Fsp3) is 0.156. The second kappa shape index (κ2) is 14.3. The molecular weight excluding hydrogens is 660 g/mol. The molecule has 3 aromatic heterocycles. The number of anilines is 2. The molecule has 3 N–H and O–H groups in total. The summed E-state index contributed by atoms with van der Waals surface area (Å²) in [5.41, 5.74) is 7.90. The molecule has 0 aliphatic heterocycles. The number of Topliss-reactive ketones (excluding diaryl/α,β-unsaturated/α-hetero) is 1. The lowest BCUT2D eigenvalue weighted by atomic mass is 9.99. The molecule has 0 aliphatic rings. The van der Waals surface area contributed by atoms with Crippen LogP contribution in [-0.2, 0) is 19.7 Å². The maximum atomic E-state index is 13.8. The number of sulfone groups is 2. The van der Waals surface area contributed by atoms with Crippen LogP contribution in [0.15, 0.2) is 83.0 Å². The van der Waals surface area contributed by atoms with E-state index in [0.717, 1.165) is 18.7 Å². The number of carbonyl (C=O) groups excluding carboxylic acids is 1. The lowest BCUT2D eigenvalue weighted by Crippen LogP contribution is -2.13. The third-order valence-electron chi connectivity index (χ3n) is 6.84. The molecule has 0 aliphatic carbocycles. The van der Waals surface area contributed by atoms with Crippen molar-refractivity contribution in [2.45, 2.75) is 29.2 Å². The lowest BCUT2D eigenvalue weighted by Gasteiger charge is -2.20. The number of nitriles is 2. The Balaban J connectivity index is 0.000000291. The molecule has 1 atom stereocenters. The summed E-state index contributed by atoms with van der Waals surface area (Å²) < 4.78 is 61.4. The summed E-state index contributed by atoms with van der Waals surface area (Å²) in [5.74, 6) is -0.796. The number of aromatic nitrogens is 4. The van der Waals surface area contributed by atoms with Crippen LogP contribution in [0.2, 0.25) is 0 Å². The minimum Gasteiger partial charge on any atom is -0.382 e. The average molecular weight is 687 g/mol. The maximum absolute atomic E-state index is 13.8. The number of fused-ring (bicyclic) bond motifs is 1. The van der Waals surface area contributed by atoms with Gasteiger partial charge in [-0.2, -0.15) is 10.5 Å². The maximum Gasteiger partial charge on any atom is 0.178 e. The highest BCUT2D eigenvalue weighted by Gasteiger charge is 2.23. The first-order valence-corrected chi connectivity index (χ1v) is 17.7. The van der Waals surface area contributed by atoms with E-state index in [1.165, 1.54) is 30.6 Å². The Morgan fingerprint density at radius 1 is 0.938 bits per heavy atom. The zero-order chi connectivity index (χ0) is 35.2. The second-order valence-corrected chi connectivity index (χ2v) is 14.3. The highest BCUT2D eigenvalue weighted by atomic mass is 32.2. The van der Waals surface area contributed by atoms with E-state index in [9.17, 15) is 31.3 Å². The normalized spacial score (nSPS) is 11.8. The Morgan fingerprint density at radius 2 is 1.58 bits per heavy atom. The van der Waals surface area contributed by atoms with Crippen molar-refractivity contribution in [3.63, 3.8) is 0 Å². The number of hydrogen-bond acceptors (Lipinski definition) is 13. The first-order valence-electron chi connectivity index (χ1n) is 13.9. The molecule has 0 spiro atoms. The van der Waals surface area contributed by atoms with E-state index in [0.29, 0.717) is 22.3 Å². The monoisotopic (exact) mass is 686 g/mol. The Bertz CT molecular complexity index is 2360. The van der Waals surface area contributed by atoms with Crippen LogP contribution in [0.1, 0.15) is 40.9 Å². The molecule has 0 bridgehead atoms. The lowest BCUT2D eigenvalue weighted by molar-refractivity contribution is 0.0994. The smallest absolute Gasteiger partial charge is 0.178 e. The Hall–Kier alpha value is -5.84. The Labute approximate surface area is 275 Å². The van der Waals surface area contributed by atoms with E-state index < -0.39 is 37.3 Å². The third kappa shape index (κ3) is 7.92. The van der Waals surface area contributed by atoms with Gasteiger partial charge in [0.15, 0.2) is 25.5 Å². The quantitative estimate of drug-likeness (QED) is 0.216. The predicted molar refractivity (Wildman–Crippen MR) is 175 cm³/mol. The van der Waals surface area contributed by atoms with Crippen LogP contribution in [0.25, 0.3) is 22.3 Å². The van der Waals surface area contributed by atoms with Gasteiger partial charge >= 0.3 is 0 Å². The van der Waals surface area contributed by atoms with Crippen LogP contribution in [0, 0.1) is 28.5 Å². The van der Waals surface area contributed by atoms with E-state index >= 15 is 0 Å². The van der Waals surface area contributed by atoms with Gasteiger partial charge in [0.1, 0.15) is 35.4 Å². The zero-order valence-electron chi connectivity index (χ0n) is 25.7. The summed E-state index contributed by atoms with van der Waals surface area (Å²) in [4.78, 5) is 28.1. The van der Waals surface area contributed by atoms with Gasteiger partial charge in [0.05, 0.1) is 51.2 Å². The molecule has 3 heterocycles. The molecule has 16 heteroatoms. The molecule has 5 rings (SSSR count). The van der Waals surface area contributed by atoms with Crippen LogP contribution >= 0.6 is 0 Å². The molecule has 0 saturated carbocycles. The summed E-state index contributed by atoms with van der Waals surface area (Å²) in [6.07, 6.45) is 4.14. The summed E-state index contributed by atoms with van der Waals surface area (Å²) in [6, 6.07) is 18.4. The fourth-order valence-electron chi connectivity index (χ4n) is 4.66. The van der Waals surface area contributed by atoms with Gasteiger partial charge in [-0.1, -0.05) is 36.4 Å². The molecule has 0 saturated heterocycles. The summed E-state index contributed by atoms with van der Waals surface area (Å²) in [6.45, 7) is 1.79. The number of nitrogens with zero attached hydrogens (tertiary/aromatic N) is 6. The minimum absolute atomic E-state index is 0.0229. The molecule has 0 radical (unpaired) electrons. The van der Waals surface area contributed by atoms with Gasteiger partial charge in [0, 0.05) is 35.3 Å². The number of carbonyl (C=O) groups is 1. The fourth-order valence-corrected chi connectivity index (χ4v) is 6.46. The molecular formula is C32H27FN8O5S2. The van der Waals surface area contributed by atoms with Crippen LogP contribution in [0.3, 0.4) is 0 Å². The largest absolute Gasteiger partial charge is 0.382 e. The van der Waals surface area contributed by atoms with E-state index in [1.807, 2.05) is 6.07 Å². The number of benzene rings is 2. The van der Waals surface area contributed by atoms with E-state index in [-0.39, 0.29) is 44.5 Å². The summed E-state index contributed by atoms with van der Waals surface area (Å²) in [5, 5.41) is 20.9. The molecule has 5 aromatic rings. The van der Waals surface area contributed by atoms with Gasteiger partial charge in [-0.05, 0) is 25.1 Å². The SMILES string of the molecule is CS(=O)(=O)c1ccccc1C(=O)CC#N.C[C@@H](Nc1ncnc(N)c1C#N)c1cc2ncc(F)cc2nc1-c1ccccc1S(C)(=O)=O. The van der Waals surface area contributed by atoms with Crippen molar-refractivity contribution >= 4 is 48.1 Å². The molecule has 0 amide bonds. The zero-order valence-corrected chi connectivity index (χ0v) is 27.3. The van der Waals surface area contributed by atoms with E-state index in [1.54, 1.807) is 49.4 Å². The highest BCUT2D eigenvalue weighted by molar-refractivity contribution is 7.91.